The number of hydrogen-bond acceptors (Lipinski definition) is 3. The molecule has 0 radical (unpaired) electrons. The first kappa shape index (κ1) is 21.9. The standard InChI is InChI=1S/C18H35NO4/c1-3-4-5-6-7-8-9-10-11-12-13-14-16(21)19-17(15(2)20)18(22)23/h15,17,20H,3-14H2,1-2H3,(H,19,21)(H,22,23)/t15-,17+/m1/s1. The van der Waals surface area contributed by atoms with Crippen LogP contribution in [0.15, 0.2) is 0 Å². The highest BCUT2D eigenvalue weighted by molar-refractivity contribution is 5.83. The lowest BCUT2D eigenvalue weighted by molar-refractivity contribution is -0.144. The summed E-state index contributed by atoms with van der Waals surface area (Å²) in [7, 11) is 0. The van der Waals surface area contributed by atoms with E-state index in [1.165, 1.54) is 58.3 Å². The number of carboxylic acid groups (broad SMARTS) is 1. The lowest BCUT2D eigenvalue weighted by Crippen LogP contribution is -2.47. The lowest BCUT2D eigenvalue weighted by atomic mass is 10.1. The third-order valence-electron chi connectivity index (χ3n) is 4.07. The van der Waals surface area contributed by atoms with Gasteiger partial charge in [-0.15, -0.1) is 0 Å². The van der Waals surface area contributed by atoms with E-state index in [1.54, 1.807) is 0 Å². The van der Waals surface area contributed by atoms with E-state index in [-0.39, 0.29) is 5.91 Å². The lowest BCUT2D eigenvalue weighted by Gasteiger charge is -2.16. The zero-order valence-corrected chi connectivity index (χ0v) is 14.9. The maximum absolute atomic E-state index is 11.6. The van der Waals surface area contributed by atoms with Gasteiger partial charge in [-0.05, 0) is 13.3 Å². The number of unbranched alkanes of at least 4 members (excludes halogenated alkanes) is 10. The Morgan fingerprint density at radius 1 is 0.870 bits per heavy atom. The number of aliphatic carboxylic acids is 1. The third kappa shape index (κ3) is 13.1. The summed E-state index contributed by atoms with van der Waals surface area (Å²) in [6.45, 7) is 3.59. The first-order valence-electron chi connectivity index (χ1n) is 9.19. The predicted molar refractivity (Wildman–Crippen MR) is 92.3 cm³/mol. The molecule has 0 aliphatic carbocycles. The highest BCUT2D eigenvalue weighted by atomic mass is 16.4. The number of rotatable bonds is 15. The highest BCUT2D eigenvalue weighted by Crippen LogP contribution is 2.12. The Balaban J connectivity index is 3.47. The summed E-state index contributed by atoms with van der Waals surface area (Å²) < 4.78 is 0. The van der Waals surface area contributed by atoms with Gasteiger partial charge in [0, 0.05) is 6.42 Å². The zero-order chi connectivity index (χ0) is 17.5. The molecule has 0 aliphatic rings. The van der Waals surface area contributed by atoms with Crippen molar-refractivity contribution >= 4 is 11.9 Å². The number of amides is 1. The fraction of sp³-hybridized carbons (Fsp3) is 0.889. The Morgan fingerprint density at radius 2 is 1.30 bits per heavy atom. The molecule has 3 N–H and O–H groups in total. The van der Waals surface area contributed by atoms with Crippen LogP contribution in [0.5, 0.6) is 0 Å². The van der Waals surface area contributed by atoms with Crippen LogP contribution in [-0.4, -0.2) is 34.2 Å². The van der Waals surface area contributed by atoms with Crippen molar-refractivity contribution in [2.75, 3.05) is 0 Å². The molecule has 0 bridgehead atoms. The van der Waals surface area contributed by atoms with Gasteiger partial charge in [0.25, 0.3) is 0 Å². The number of carbonyl (C=O) groups is 2. The van der Waals surface area contributed by atoms with Crippen LogP contribution >= 0.6 is 0 Å². The summed E-state index contributed by atoms with van der Waals surface area (Å²) in [6.07, 6.45) is 12.6. The quantitative estimate of drug-likeness (QED) is 0.400. The summed E-state index contributed by atoms with van der Waals surface area (Å²) in [5, 5.41) is 20.5. The monoisotopic (exact) mass is 329 g/mol. The van der Waals surface area contributed by atoms with E-state index >= 15 is 0 Å². The molecule has 23 heavy (non-hydrogen) atoms. The van der Waals surface area contributed by atoms with Gasteiger partial charge >= 0.3 is 5.97 Å². The van der Waals surface area contributed by atoms with Crippen LogP contribution in [0.1, 0.15) is 90.9 Å². The second-order valence-electron chi connectivity index (χ2n) is 6.41. The molecule has 0 heterocycles. The van der Waals surface area contributed by atoms with E-state index in [1.807, 2.05) is 0 Å². The number of carbonyl (C=O) groups excluding carboxylic acids is 1. The molecule has 0 aromatic rings. The summed E-state index contributed by atoms with van der Waals surface area (Å²) in [6, 6.07) is -1.21. The maximum atomic E-state index is 11.6. The Hall–Kier alpha value is -1.10. The number of carboxylic acids is 1. The smallest absolute Gasteiger partial charge is 0.328 e. The van der Waals surface area contributed by atoms with Gasteiger partial charge in [0.05, 0.1) is 6.10 Å². The van der Waals surface area contributed by atoms with Gasteiger partial charge in [-0.2, -0.15) is 0 Å². The molecule has 0 saturated carbocycles. The summed E-state index contributed by atoms with van der Waals surface area (Å²) in [4.78, 5) is 22.5. The van der Waals surface area contributed by atoms with Crippen molar-refractivity contribution in [3.63, 3.8) is 0 Å². The van der Waals surface area contributed by atoms with E-state index in [0.29, 0.717) is 6.42 Å². The number of hydrogen-bond donors (Lipinski definition) is 3. The van der Waals surface area contributed by atoms with Gasteiger partial charge in [0.1, 0.15) is 0 Å². The molecule has 0 spiro atoms. The molecular formula is C18H35NO4. The third-order valence-corrected chi connectivity index (χ3v) is 4.07. The van der Waals surface area contributed by atoms with Gasteiger partial charge in [0.2, 0.25) is 5.91 Å². The largest absolute Gasteiger partial charge is 0.480 e. The molecule has 0 aromatic heterocycles. The molecular weight excluding hydrogens is 294 g/mol. The van der Waals surface area contributed by atoms with Crippen molar-refractivity contribution in [2.45, 2.75) is 103 Å². The van der Waals surface area contributed by atoms with Gasteiger partial charge in [-0.25, -0.2) is 4.79 Å². The summed E-state index contributed by atoms with van der Waals surface area (Å²) >= 11 is 0. The zero-order valence-electron chi connectivity index (χ0n) is 14.9. The Labute approximate surface area is 140 Å². The first-order chi connectivity index (χ1) is 11.0. The first-order valence-corrected chi connectivity index (χ1v) is 9.19. The van der Waals surface area contributed by atoms with E-state index in [0.717, 1.165) is 19.3 Å². The van der Waals surface area contributed by atoms with Gasteiger partial charge in [-0.3, -0.25) is 4.79 Å². The fourth-order valence-corrected chi connectivity index (χ4v) is 2.58. The van der Waals surface area contributed by atoms with Crippen LogP contribution in [0, 0.1) is 0 Å². The average Bonchev–Trinajstić information content (AvgIpc) is 2.49. The van der Waals surface area contributed by atoms with Gasteiger partial charge < -0.3 is 15.5 Å². The van der Waals surface area contributed by atoms with Crippen molar-refractivity contribution in [2.24, 2.45) is 0 Å². The van der Waals surface area contributed by atoms with Crippen LogP contribution in [0.3, 0.4) is 0 Å². The van der Waals surface area contributed by atoms with Crippen LogP contribution in [0.2, 0.25) is 0 Å². The predicted octanol–water partition coefficient (Wildman–Crippen LogP) is 3.64. The van der Waals surface area contributed by atoms with Crippen LogP contribution in [-0.2, 0) is 9.59 Å². The average molecular weight is 329 g/mol. The minimum Gasteiger partial charge on any atom is -0.480 e. The Bertz CT molecular complexity index is 318. The van der Waals surface area contributed by atoms with Crippen molar-refractivity contribution in [3.8, 4) is 0 Å². The second-order valence-corrected chi connectivity index (χ2v) is 6.41. The highest BCUT2D eigenvalue weighted by Gasteiger charge is 2.24. The van der Waals surface area contributed by atoms with Gasteiger partial charge in [-0.1, -0.05) is 71.1 Å². The van der Waals surface area contributed by atoms with Crippen LogP contribution in [0.4, 0.5) is 0 Å². The van der Waals surface area contributed by atoms with Crippen molar-refractivity contribution < 1.29 is 19.8 Å². The SMILES string of the molecule is CCCCCCCCCCCCCC(=O)N[C@H](C(=O)O)[C@@H](C)O. The normalized spacial score (nSPS) is 13.5. The molecule has 0 aromatic carbocycles. The molecule has 2 atom stereocenters. The molecule has 0 saturated heterocycles. The maximum Gasteiger partial charge on any atom is 0.328 e. The van der Waals surface area contributed by atoms with Crippen molar-refractivity contribution in [1.29, 1.82) is 0 Å². The van der Waals surface area contributed by atoms with E-state index in [4.69, 9.17) is 5.11 Å². The number of nitrogens with one attached hydrogen (secondary N) is 1. The minimum absolute atomic E-state index is 0.297. The molecule has 0 rings (SSSR count). The van der Waals surface area contributed by atoms with E-state index in [2.05, 4.69) is 12.2 Å². The molecule has 0 aliphatic heterocycles. The molecule has 136 valence electrons. The second kappa shape index (κ2) is 14.5. The van der Waals surface area contributed by atoms with Crippen molar-refractivity contribution in [3.05, 3.63) is 0 Å². The van der Waals surface area contributed by atoms with Crippen LogP contribution < -0.4 is 5.32 Å². The summed E-state index contributed by atoms with van der Waals surface area (Å²) in [5.74, 6) is -1.50. The molecule has 5 nitrogen and oxygen atoms in total. The van der Waals surface area contributed by atoms with E-state index in [9.17, 15) is 14.7 Å². The van der Waals surface area contributed by atoms with Crippen LogP contribution in [0.25, 0.3) is 0 Å². The van der Waals surface area contributed by atoms with E-state index < -0.39 is 18.1 Å². The fourth-order valence-electron chi connectivity index (χ4n) is 2.58. The topological polar surface area (TPSA) is 86.6 Å². The van der Waals surface area contributed by atoms with Crippen molar-refractivity contribution in [1.82, 2.24) is 5.32 Å². The molecule has 5 heteroatoms. The molecule has 1 amide bonds. The number of aliphatic hydroxyl groups excluding tert-OH is 1. The number of aliphatic hydroxyl groups is 1. The van der Waals surface area contributed by atoms with Gasteiger partial charge in [0.15, 0.2) is 6.04 Å². The Kier molecular flexibility index (Phi) is 13.8. The molecule has 0 fully saturated rings. The summed E-state index contributed by atoms with van der Waals surface area (Å²) in [5.41, 5.74) is 0. The minimum atomic E-state index is -1.21. The Morgan fingerprint density at radius 3 is 1.70 bits per heavy atom. The molecule has 0 unspecified atom stereocenters.